The maximum atomic E-state index is 10.3. The van der Waals surface area contributed by atoms with Crippen LogP contribution in [0.15, 0.2) is 30.3 Å². The quantitative estimate of drug-likeness (QED) is 0.837. The maximum absolute atomic E-state index is 10.3. The topological polar surface area (TPSA) is 77.4 Å². The third kappa shape index (κ3) is 3.82. The van der Waals surface area contributed by atoms with Crippen molar-refractivity contribution in [3.63, 3.8) is 0 Å². The second-order valence-corrected chi connectivity index (χ2v) is 6.52. The lowest BCUT2D eigenvalue weighted by atomic mass is 9.84. The molecule has 0 aliphatic carbocycles. The summed E-state index contributed by atoms with van der Waals surface area (Å²) in [6, 6.07) is 9.15. The van der Waals surface area contributed by atoms with Crippen molar-refractivity contribution in [1.29, 1.82) is 0 Å². The number of phenols is 1. The Morgan fingerprint density at radius 3 is 2.41 bits per heavy atom. The molecule has 0 radical (unpaired) electrons. The maximum Gasteiger partial charge on any atom is 0.161 e. The van der Waals surface area contributed by atoms with Crippen LogP contribution in [0.5, 0.6) is 23.0 Å². The van der Waals surface area contributed by atoms with Crippen molar-refractivity contribution in [2.75, 3.05) is 34.5 Å². The van der Waals surface area contributed by atoms with E-state index in [0.717, 1.165) is 29.5 Å². The minimum absolute atomic E-state index is 0.0568. The van der Waals surface area contributed by atoms with Gasteiger partial charge in [0.2, 0.25) is 0 Å². The number of methoxy groups -OCH3 is 3. The van der Waals surface area contributed by atoms with Gasteiger partial charge in [-0.1, -0.05) is 6.07 Å². The molecule has 0 amide bonds. The molecule has 0 bridgehead atoms. The Kier molecular flexibility index (Phi) is 6.08. The monoisotopic (exact) mass is 374 g/mol. The molecule has 0 unspecified atom stereocenters. The van der Waals surface area contributed by atoms with Crippen LogP contribution in [0.4, 0.5) is 0 Å². The minimum atomic E-state index is -0.373. The molecule has 0 aromatic heterocycles. The number of aromatic hydroxyl groups is 1. The van der Waals surface area contributed by atoms with Crippen LogP contribution in [0, 0.1) is 0 Å². The van der Waals surface area contributed by atoms with Gasteiger partial charge in [-0.25, -0.2) is 0 Å². The molecular formula is C21H26O6. The molecule has 1 heterocycles. The molecule has 2 N–H and O–H groups in total. The zero-order chi connectivity index (χ0) is 19.4. The van der Waals surface area contributed by atoms with E-state index in [0.29, 0.717) is 23.9 Å². The molecule has 6 nitrogen and oxygen atoms in total. The Hall–Kier alpha value is -2.44. The van der Waals surface area contributed by atoms with E-state index >= 15 is 0 Å². The molecule has 0 fully saturated rings. The molecule has 1 aliphatic heterocycles. The summed E-state index contributed by atoms with van der Waals surface area (Å²) >= 11 is 0. The molecule has 0 saturated heterocycles. The zero-order valence-electron chi connectivity index (χ0n) is 15.9. The number of phenolic OH excluding ortho intramolecular Hbond substituents is 1. The Balaban J connectivity index is 2.07. The fourth-order valence-corrected chi connectivity index (χ4v) is 3.66. The first-order chi connectivity index (χ1) is 13.1. The van der Waals surface area contributed by atoms with E-state index in [4.69, 9.17) is 18.9 Å². The molecule has 146 valence electrons. The predicted molar refractivity (Wildman–Crippen MR) is 101 cm³/mol. The van der Waals surface area contributed by atoms with Crippen LogP contribution >= 0.6 is 0 Å². The summed E-state index contributed by atoms with van der Waals surface area (Å²) in [4.78, 5) is 0. The van der Waals surface area contributed by atoms with Crippen molar-refractivity contribution < 1.29 is 29.2 Å². The summed E-state index contributed by atoms with van der Waals surface area (Å²) < 4.78 is 22.1. The van der Waals surface area contributed by atoms with E-state index < -0.39 is 0 Å². The van der Waals surface area contributed by atoms with E-state index in [1.165, 1.54) is 7.11 Å². The van der Waals surface area contributed by atoms with Crippen LogP contribution in [0.2, 0.25) is 0 Å². The van der Waals surface area contributed by atoms with Gasteiger partial charge in [-0.05, 0) is 53.8 Å². The zero-order valence-corrected chi connectivity index (χ0v) is 15.9. The molecule has 6 heteroatoms. The molecular weight excluding hydrogens is 348 g/mol. The van der Waals surface area contributed by atoms with Gasteiger partial charge in [0.05, 0.1) is 34.0 Å². The Labute approximate surface area is 159 Å². The molecule has 27 heavy (non-hydrogen) atoms. The summed E-state index contributed by atoms with van der Waals surface area (Å²) in [6.07, 6.45) is 1.26. The van der Waals surface area contributed by atoms with E-state index in [1.807, 2.05) is 24.3 Å². The lowest BCUT2D eigenvalue weighted by Crippen LogP contribution is -2.22. The number of benzene rings is 2. The molecule has 1 aliphatic rings. The van der Waals surface area contributed by atoms with Crippen LogP contribution in [-0.2, 0) is 11.2 Å². The molecule has 2 atom stereocenters. The van der Waals surface area contributed by atoms with Gasteiger partial charge >= 0.3 is 0 Å². The molecule has 0 spiro atoms. The van der Waals surface area contributed by atoms with E-state index in [-0.39, 0.29) is 24.4 Å². The van der Waals surface area contributed by atoms with Gasteiger partial charge in [-0.3, -0.25) is 0 Å². The van der Waals surface area contributed by atoms with Crippen molar-refractivity contribution in [1.82, 2.24) is 0 Å². The normalized spacial score (nSPS) is 19.6. The van der Waals surface area contributed by atoms with E-state index in [1.54, 1.807) is 20.3 Å². The fraction of sp³-hybridized carbons (Fsp3) is 0.429. The minimum Gasteiger partial charge on any atom is -0.504 e. The third-order valence-corrected chi connectivity index (χ3v) is 5.03. The number of fused-ring (bicyclic) bond motifs is 1. The van der Waals surface area contributed by atoms with Gasteiger partial charge in [-0.15, -0.1) is 0 Å². The van der Waals surface area contributed by atoms with Gasteiger partial charge in [0.1, 0.15) is 0 Å². The number of hydrogen-bond donors (Lipinski definition) is 2. The van der Waals surface area contributed by atoms with Crippen LogP contribution in [0.3, 0.4) is 0 Å². The number of aliphatic hydroxyl groups excluding tert-OH is 1. The lowest BCUT2D eigenvalue weighted by Gasteiger charge is -2.31. The van der Waals surface area contributed by atoms with Gasteiger partial charge in [-0.2, -0.15) is 0 Å². The smallest absolute Gasteiger partial charge is 0.161 e. The largest absolute Gasteiger partial charge is 0.504 e. The van der Waals surface area contributed by atoms with Crippen LogP contribution in [0.1, 0.15) is 35.1 Å². The molecule has 0 saturated carbocycles. The van der Waals surface area contributed by atoms with Crippen LogP contribution in [0.25, 0.3) is 0 Å². The van der Waals surface area contributed by atoms with Gasteiger partial charge in [0, 0.05) is 12.5 Å². The van der Waals surface area contributed by atoms with E-state index in [2.05, 4.69) is 0 Å². The average molecular weight is 374 g/mol. The summed E-state index contributed by atoms with van der Waals surface area (Å²) in [5.74, 6) is 1.41. The third-order valence-electron chi connectivity index (χ3n) is 5.03. The first kappa shape index (κ1) is 19.3. The number of rotatable bonds is 5. The summed E-state index contributed by atoms with van der Waals surface area (Å²) in [7, 11) is 4.71. The number of aryl methyl sites for hydroxylation is 1. The second-order valence-electron chi connectivity index (χ2n) is 6.52. The van der Waals surface area contributed by atoms with Crippen LogP contribution < -0.4 is 14.2 Å². The highest BCUT2D eigenvalue weighted by molar-refractivity contribution is 5.50. The van der Waals surface area contributed by atoms with Crippen molar-refractivity contribution in [2.45, 2.75) is 24.9 Å². The number of hydrogen-bond acceptors (Lipinski definition) is 6. The van der Waals surface area contributed by atoms with E-state index in [9.17, 15) is 10.2 Å². The Morgan fingerprint density at radius 1 is 1.00 bits per heavy atom. The molecule has 3 rings (SSSR count). The highest BCUT2D eigenvalue weighted by atomic mass is 16.5. The lowest BCUT2D eigenvalue weighted by molar-refractivity contribution is 0.0130. The highest BCUT2D eigenvalue weighted by Crippen LogP contribution is 2.43. The summed E-state index contributed by atoms with van der Waals surface area (Å²) in [5.41, 5.74) is 2.81. The number of ether oxygens (including phenoxy) is 4. The Bertz CT molecular complexity index is 788. The second kappa shape index (κ2) is 8.50. The summed E-state index contributed by atoms with van der Waals surface area (Å²) in [5, 5.41) is 20.4. The van der Waals surface area contributed by atoms with Gasteiger partial charge in [0.25, 0.3) is 0 Å². The van der Waals surface area contributed by atoms with Crippen molar-refractivity contribution >= 4 is 0 Å². The highest BCUT2D eigenvalue weighted by Gasteiger charge is 2.30. The predicted octanol–water partition coefficient (Wildman–Crippen LogP) is 3.20. The first-order valence-electron chi connectivity index (χ1n) is 8.97. The molecule has 2 aromatic carbocycles. The first-order valence-corrected chi connectivity index (χ1v) is 8.97. The SMILES string of the molecule is COc1cc2c(cc1O)[C@@H](CO)[C@H](c1ccc(OC)c(OC)c1)OCCC2. The van der Waals surface area contributed by atoms with Crippen molar-refractivity contribution in [3.8, 4) is 23.0 Å². The van der Waals surface area contributed by atoms with Crippen LogP contribution in [-0.4, -0.2) is 44.8 Å². The van der Waals surface area contributed by atoms with Crippen molar-refractivity contribution in [2.24, 2.45) is 0 Å². The standard InChI is InChI=1S/C21H26O6/c1-24-18-7-6-14(10-20(18)26-3)21-16(12-22)15-11-17(23)19(25-2)9-13(15)5-4-8-27-21/h6-7,9-11,16,21-23H,4-5,8,12H2,1-3H3/t16-,21+/m1/s1. The summed E-state index contributed by atoms with van der Waals surface area (Å²) in [6.45, 7) is 0.454. The van der Waals surface area contributed by atoms with Gasteiger partial charge in [0.15, 0.2) is 23.0 Å². The number of aliphatic hydroxyl groups is 1. The Morgan fingerprint density at radius 2 is 1.74 bits per heavy atom. The average Bonchev–Trinajstić information content (AvgIpc) is 2.69. The van der Waals surface area contributed by atoms with Gasteiger partial charge < -0.3 is 29.2 Å². The van der Waals surface area contributed by atoms with Crippen molar-refractivity contribution in [3.05, 3.63) is 47.0 Å². The molecule has 2 aromatic rings. The fourth-order valence-electron chi connectivity index (χ4n) is 3.66.